The highest BCUT2D eigenvalue weighted by atomic mass is 16.2. The van der Waals surface area contributed by atoms with Gasteiger partial charge in [-0.2, -0.15) is 0 Å². The second-order valence-electron chi connectivity index (χ2n) is 6.26. The van der Waals surface area contributed by atoms with E-state index in [2.05, 4.69) is 10.6 Å². The average molecular weight is 252 g/mol. The molecular weight excluding hydrogens is 224 g/mol. The van der Waals surface area contributed by atoms with Gasteiger partial charge in [0.05, 0.1) is 6.04 Å². The fourth-order valence-corrected chi connectivity index (χ4v) is 3.78. The second kappa shape index (κ2) is 6.05. The van der Waals surface area contributed by atoms with E-state index in [-0.39, 0.29) is 11.9 Å². The lowest BCUT2D eigenvalue weighted by molar-refractivity contribution is -0.122. The quantitative estimate of drug-likeness (QED) is 0.807. The van der Waals surface area contributed by atoms with Crippen LogP contribution in [-0.2, 0) is 4.79 Å². The smallest absolute Gasteiger partial charge is 0.236 e. The molecule has 0 saturated heterocycles. The monoisotopic (exact) mass is 252 g/mol. The van der Waals surface area contributed by atoms with Gasteiger partial charge in [-0.25, -0.2) is 0 Å². The molecule has 104 valence electrons. The van der Waals surface area contributed by atoms with Gasteiger partial charge in [0.25, 0.3) is 0 Å². The number of rotatable bonds is 4. The molecule has 0 aliphatic heterocycles. The first-order chi connectivity index (χ1) is 8.65. The summed E-state index contributed by atoms with van der Waals surface area (Å²) in [7, 11) is 0. The summed E-state index contributed by atoms with van der Waals surface area (Å²) < 4.78 is 0. The maximum atomic E-state index is 11.7. The minimum Gasteiger partial charge on any atom is -0.355 e. The van der Waals surface area contributed by atoms with E-state index in [1.807, 2.05) is 13.8 Å². The number of carbonyl (C=O) groups excluding carboxylic acids is 1. The number of hydrogen-bond acceptors (Lipinski definition) is 2. The Kier molecular flexibility index (Phi) is 4.66. The Morgan fingerprint density at radius 3 is 2.39 bits per heavy atom. The van der Waals surface area contributed by atoms with Crippen LogP contribution in [0.5, 0.6) is 0 Å². The second-order valence-corrected chi connectivity index (χ2v) is 6.26. The highest BCUT2D eigenvalue weighted by Gasteiger charge is 2.37. The Labute approximate surface area is 111 Å². The SMILES string of the molecule is CCNC(=O)C(C)NC1CCC2(CCCC2)CC1. The molecule has 0 aromatic carbocycles. The van der Waals surface area contributed by atoms with Crippen LogP contribution in [-0.4, -0.2) is 24.5 Å². The molecule has 1 atom stereocenters. The average Bonchev–Trinajstić information content (AvgIpc) is 2.81. The standard InChI is InChI=1S/C15H28N2O/c1-3-16-14(18)12(2)17-13-6-10-15(11-7-13)8-4-5-9-15/h12-13,17H,3-11H2,1-2H3,(H,16,18). The molecule has 2 N–H and O–H groups in total. The van der Waals surface area contributed by atoms with Crippen molar-refractivity contribution in [2.24, 2.45) is 5.41 Å². The van der Waals surface area contributed by atoms with Gasteiger partial charge in [0.15, 0.2) is 0 Å². The largest absolute Gasteiger partial charge is 0.355 e. The minimum absolute atomic E-state index is 0.0485. The molecule has 1 spiro atoms. The lowest BCUT2D eigenvalue weighted by Gasteiger charge is -2.38. The molecule has 3 nitrogen and oxygen atoms in total. The first kappa shape index (κ1) is 13.9. The summed E-state index contributed by atoms with van der Waals surface area (Å²) in [6, 6.07) is 0.501. The summed E-state index contributed by atoms with van der Waals surface area (Å²) in [5.41, 5.74) is 0.688. The van der Waals surface area contributed by atoms with Crippen LogP contribution in [0.1, 0.15) is 65.2 Å². The number of likely N-dealkylation sites (N-methyl/N-ethyl adjacent to an activating group) is 1. The predicted molar refractivity (Wildman–Crippen MR) is 74.4 cm³/mol. The molecule has 0 aromatic rings. The molecule has 2 rings (SSSR count). The van der Waals surface area contributed by atoms with Crippen molar-refractivity contribution < 1.29 is 4.79 Å². The van der Waals surface area contributed by atoms with E-state index >= 15 is 0 Å². The van der Waals surface area contributed by atoms with E-state index in [4.69, 9.17) is 0 Å². The molecule has 1 unspecified atom stereocenters. The number of carbonyl (C=O) groups is 1. The van der Waals surface area contributed by atoms with Crippen molar-refractivity contribution in [2.75, 3.05) is 6.54 Å². The number of nitrogens with one attached hydrogen (secondary N) is 2. The molecule has 3 heteroatoms. The molecule has 0 heterocycles. The van der Waals surface area contributed by atoms with Crippen molar-refractivity contribution in [2.45, 2.75) is 77.3 Å². The van der Waals surface area contributed by atoms with Crippen LogP contribution in [0.25, 0.3) is 0 Å². The van der Waals surface area contributed by atoms with Crippen LogP contribution >= 0.6 is 0 Å². The molecule has 2 aliphatic carbocycles. The van der Waals surface area contributed by atoms with E-state index in [1.165, 1.54) is 51.4 Å². The predicted octanol–water partition coefficient (Wildman–Crippen LogP) is 2.60. The van der Waals surface area contributed by atoms with Gasteiger partial charge in [-0.3, -0.25) is 4.79 Å². The van der Waals surface area contributed by atoms with Crippen molar-refractivity contribution in [3.8, 4) is 0 Å². The summed E-state index contributed by atoms with van der Waals surface area (Å²) in [5.74, 6) is 0.138. The first-order valence-corrected chi connectivity index (χ1v) is 7.69. The zero-order valence-corrected chi connectivity index (χ0v) is 11.9. The Hall–Kier alpha value is -0.570. The van der Waals surface area contributed by atoms with E-state index in [0.717, 1.165) is 6.54 Å². The summed E-state index contributed by atoms with van der Waals surface area (Å²) >= 11 is 0. The third kappa shape index (κ3) is 3.25. The maximum absolute atomic E-state index is 11.7. The molecule has 0 aromatic heterocycles. The Morgan fingerprint density at radius 2 is 1.83 bits per heavy atom. The Bertz CT molecular complexity index is 274. The summed E-state index contributed by atoms with van der Waals surface area (Å²) in [5, 5.41) is 6.38. The van der Waals surface area contributed by atoms with Crippen molar-refractivity contribution in [3.63, 3.8) is 0 Å². The van der Waals surface area contributed by atoms with Crippen LogP contribution in [0, 0.1) is 5.41 Å². The summed E-state index contributed by atoms with van der Waals surface area (Å²) in [6.07, 6.45) is 11.0. The van der Waals surface area contributed by atoms with Gasteiger partial charge in [-0.15, -0.1) is 0 Å². The molecule has 1 amide bonds. The summed E-state index contributed by atoms with van der Waals surface area (Å²) in [4.78, 5) is 11.7. The minimum atomic E-state index is -0.0485. The lowest BCUT2D eigenvalue weighted by atomic mass is 9.71. The molecule has 18 heavy (non-hydrogen) atoms. The highest BCUT2D eigenvalue weighted by Crippen LogP contribution is 2.48. The Balaban J connectivity index is 1.74. The van der Waals surface area contributed by atoms with Crippen molar-refractivity contribution in [3.05, 3.63) is 0 Å². The van der Waals surface area contributed by atoms with Crippen LogP contribution in [0.15, 0.2) is 0 Å². The van der Waals surface area contributed by atoms with Crippen LogP contribution in [0.4, 0.5) is 0 Å². The van der Waals surface area contributed by atoms with Crippen LogP contribution in [0.2, 0.25) is 0 Å². The third-order valence-electron chi connectivity index (χ3n) is 4.94. The molecule has 0 radical (unpaired) electrons. The Morgan fingerprint density at radius 1 is 1.22 bits per heavy atom. The third-order valence-corrected chi connectivity index (χ3v) is 4.94. The van der Waals surface area contributed by atoms with E-state index in [9.17, 15) is 4.79 Å². The van der Waals surface area contributed by atoms with Crippen molar-refractivity contribution in [1.29, 1.82) is 0 Å². The molecule has 2 aliphatic rings. The van der Waals surface area contributed by atoms with Gasteiger partial charge in [-0.1, -0.05) is 12.8 Å². The van der Waals surface area contributed by atoms with E-state index < -0.39 is 0 Å². The zero-order valence-electron chi connectivity index (χ0n) is 11.9. The lowest BCUT2D eigenvalue weighted by Crippen LogP contribution is -2.48. The van der Waals surface area contributed by atoms with E-state index in [1.54, 1.807) is 0 Å². The van der Waals surface area contributed by atoms with Gasteiger partial charge in [0, 0.05) is 12.6 Å². The fourth-order valence-electron chi connectivity index (χ4n) is 3.78. The molecule has 2 fully saturated rings. The number of hydrogen-bond donors (Lipinski definition) is 2. The van der Waals surface area contributed by atoms with Crippen molar-refractivity contribution in [1.82, 2.24) is 10.6 Å². The number of amides is 1. The van der Waals surface area contributed by atoms with Gasteiger partial charge in [0.1, 0.15) is 0 Å². The van der Waals surface area contributed by atoms with E-state index in [0.29, 0.717) is 11.5 Å². The molecular formula is C15H28N2O. The molecule has 0 bridgehead atoms. The van der Waals surface area contributed by atoms with Crippen molar-refractivity contribution >= 4 is 5.91 Å². The molecule has 2 saturated carbocycles. The zero-order chi connectivity index (χ0) is 13.0. The van der Waals surface area contributed by atoms with Gasteiger partial charge >= 0.3 is 0 Å². The van der Waals surface area contributed by atoms with Gasteiger partial charge < -0.3 is 10.6 Å². The first-order valence-electron chi connectivity index (χ1n) is 7.69. The highest BCUT2D eigenvalue weighted by molar-refractivity contribution is 5.81. The fraction of sp³-hybridized carbons (Fsp3) is 0.933. The topological polar surface area (TPSA) is 41.1 Å². The van der Waals surface area contributed by atoms with Crippen LogP contribution < -0.4 is 10.6 Å². The van der Waals surface area contributed by atoms with Crippen LogP contribution in [0.3, 0.4) is 0 Å². The van der Waals surface area contributed by atoms with Gasteiger partial charge in [0.2, 0.25) is 5.91 Å². The summed E-state index contributed by atoms with van der Waals surface area (Å²) in [6.45, 7) is 4.67. The van der Waals surface area contributed by atoms with Gasteiger partial charge in [-0.05, 0) is 57.8 Å². The maximum Gasteiger partial charge on any atom is 0.236 e. The normalized spacial score (nSPS) is 25.2.